The van der Waals surface area contributed by atoms with Crippen molar-refractivity contribution < 1.29 is 13.2 Å². The van der Waals surface area contributed by atoms with Crippen LogP contribution in [-0.4, -0.2) is 0 Å². The quantitative estimate of drug-likeness (QED) is 0.801. The number of aryl methyl sites for hydroxylation is 1. The zero-order valence-electron chi connectivity index (χ0n) is 11.5. The molecule has 0 saturated heterocycles. The van der Waals surface area contributed by atoms with E-state index >= 15 is 0 Å². The second-order valence-corrected chi connectivity index (χ2v) is 5.38. The van der Waals surface area contributed by atoms with Crippen molar-refractivity contribution in [3.63, 3.8) is 0 Å². The third kappa shape index (κ3) is 2.55. The summed E-state index contributed by atoms with van der Waals surface area (Å²) in [5, 5.41) is 0. The first-order valence-electron chi connectivity index (χ1n) is 6.64. The third-order valence-electron chi connectivity index (χ3n) is 3.84. The van der Waals surface area contributed by atoms with Gasteiger partial charge in [0.15, 0.2) is 0 Å². The van der Waals surface area contributed by atoms with Crippen LogP contribution >= 0.6 is 0 Å². The van der Waals surface area contributed by atoms with E-state index < -0.39 is 11.7 Å². The molecule has 0 fully saturated rings. The van der Waals surface area contributed by atoms with Crippen LogP contribution in [0.25, 0.3) is 0 Å². The fourth-order valence-corrected chi connectivity index (χ4v) is 2.71. The molecule has 0 unspecified atom stereocenters. The topological polar surface area (TPSA) is 29.3 Å². The van der Waals surface area contributed by atoms with Gasteiger partial charge >= 0.3 is 6.18 Å². The molecule has 21 heavy (non-hydrogen) atoms. The van der Waals surface area contributed by atoms with E-state index in [1.54, 1.807) is 6.07 Å². The predicted molar refractivity (Wildman–Crippen MR) is 76.9 cm³/mol. The average molecular weight is 292 g/mol. The first kappa shape index (κ1) is 13.8. The summed E-state index contributed by atoms with van der Waals surface area (Å²) in [5.41, 5.74) is 8.86. The highest BCUT2D eigenvalue weighted by molar-refractivity contribution is 5.57. The molecule has 0 bridgehead atoms. The number of hydrogen-bond donors (Lipinski definition) is 1. The highest BCUT2D eigenvalue weighted by atomic mass is 19.4. The summed E-state index contributed by atoms with van der Waals surface area (Å²) in [6.45, 7) is 2.67. The van der Waals surface area contributed by atoms with Crippen LogP contribution in [0.1, 0.15) is 22.3 Å². The highest BCUT2D eigenvalue weighted by Gasteiger charge is 2.33. The molecule has 2 aromatic carbocycles. The molecule has 3 rings (SSSR count). The van der Waals surface area contributed by atoms with E-state index in [4.69, 9.17) is 5.73 Å². The van der Waals surface area contributed by atoms with Gasteiger partial charge in [0.25, 0.3) is 0 Å². The number of anilines is 2. The molecule has 2 aromatic rings. The molecule has 0 saturated carbocycles. The Morgan fingerprint density at radius 2 is 1.71 bits per heavy atom. The molecule has 1 aliphatic heterocycles. The second kappa shape index (κ2) is 4.69. The van der Waals surface area contributed by atoms with Crippen molar-refractivity contribution in [1.29, 1.82) is 0 Å². The number of fused-ring (bicyclic) bond motifs is 1. The maximum Gasteiger partial charge on any atom is 0.416 e. The van der Waals surface area contributed by atoms with E-state index in [1.807, 2.05) is 23.1 Å². The Kier molecular flexibility index (Phi) is 3.08. The molecule has 1 aliphatic rings. The van der Waals surface area contributed by atoms with Gasteiger partial charge in [-0.25, -0.2) is 0 Å². The highest BCUT2D eigenvalue weighted by Crippen LogP contribution is 2.36. The van der Waals surface area contributed by atoms with E-state index in [-0.39, 0.29) is 5.56 Å². The van der Waals surface area contributed by atoms with E-state index in [9.17, 15) is 13.2 Å². The Bertz CT molecular complexity index is 692. The fourth-order valence-electron chi connectivity index (χ4n) is 2.71. The SMILES string of the molecule is Cc1ccc(N2Cc3ccc(N)cc3C2)cc1C(F)(F)F. The maximum atomic E-state index is 13.0. The van der Waals surface area contributed by atoms with Gasteiger partial charge in [-0.05, 0) is 47.9 Å². The number of hydrogen-bond acceptors (Lipinski definition) is 2. The number of alkyl halides is 3. The zero-order chi connectivity index (χ0) is 15.2. The van der Waals surface area contributed by atoms with Crippen molar-refractivity contribution in [3.05, 3.63) is 58.7 Å². The Morgan fingerprint density at radius 3 is 2.43 bits per heavy atom. The molecular weight excluding hydrogens is 277 g/mol. The maximum absolute atomic E-state index is 13.0. The summed E-state index contributed by atoms with van der Waals surface area (Å²) in [7, 11) is 0. The van der Waals surface area contributed by atoms with Crippen molar-refractivity contribution >= 4 is 11.4 Å². The lowest BCUT2D eigenvalue weighted by Crippen LogP contribution is -2.16. The minimum atomic E-state index is -4.32. The van der Waals surface area contributed by atoms with Crippen molar-refractivity contribution in [1.82, 2.24) is 0 Å². The minimum Gasteiger partial charge on any atom is -0.399 e. The molecule has 0 atom stereocenters. The van der Waals surface area contributed by atoms with Gasteiger partial charge in [0.05, 0.1) is 5.56 Å². The summed E-state index contributed by atoms with van der Waals surface area (Å²) >= 11 is 0. The predicted octanol–water partition coefficient (Wildman–Crippen LogP) is 4.12. The summed E-state index contributed by atoms with van der Waals surface area (Å²) in [6, 6.07) is 10.1. The number of nitrogens with two attached hydrogens (primary N) is 1. The van der Waals surface area contributed by atoms with Crippen LogP contribution < -0.4 is 10.6 Å². The smallest absolute Gasteiger partial charge is 0.399 e. The monoisotopic (exact) mass is 292 g/mol. The number of halogens is 3. The first-order chi connectivity index (χ1) is 9.84. The largest absolute Gasteiger partial charge is 0.416 e. The van der Waals surface area contributed by atoms with Crippen LogP contribution in [0.2, 0.25) is 0 Å². The third-order valence-corrected chi connectivity index (χ3v) is 3.84. The Labute approximate surface area is 121 Å². The second-order valence-electron chi connectivity index (χ2n) is 5.38. The molecule has 110 valence electrons. The van der Waals surface area contributed by atoms with Crippen LogP contribution in [0, 0.1) is 6.92 Å². The van der Waals surface area contributed by atoms with Crippen LogP contribution in [0.3, 0.4) is 0 Å². The van der Waals surface area contributed by atoms with E-state index in [0.717, 1.165) is 11.1 Å². The standard InChI is InChI=1S/C16H15F3N2/c1-10-2-5-14(7-15(10)16(17,18)19)21-8-11-3-4-13(20)6-12(11)9-21/h2-7H,8-9,20H2,1H3. The van der Waals surface area contributed by atoms with Crippen LogP contribution in [0.15, 0.2) is 36.4 Å². The number of benzene rings is 2. The van der Waals surface area contributed by atoms with Gasteiger partial charge in [-0.2, -0.15) is 13.2 Å². The average Bonchev–Trinajstić information content (AvgIpc) is 2.80. The fraction of sp³-hybridized carbons (Fsp3) is 0.250. The van der Waals surface area contributed by atoms with Crippen LogP contribution in [0.5, 0.6) is 0 Å². The molecule has 2 nitrogen and oxygen atoms in total. The first-order valence-corrected chi connectivity index (χ1v) is 6.64. The zero-order valence-corrected chi connectivity index (χ0v) is 11.5. The molecule has 0 spiro atoms. The van der Waals surface area contributed by atoms with Gasteiger partial charge in [0, 0.05) is 24.5 Å². The van der Waals surface area contributed by atoms with Gasteiger partial charge in [0.1, 0.15) is 0 Å². The number of nitrogen functional groups attached to an aromatic ring is 1. The molecule has 0 aliphatic carbocycles. The molecule has 0 radical (unpaired) electrons. The van der Waals surface area contributed by atoms with E-state index in [0.29, 0.717) is 24.5 Å². The van der Waals surface area contributed by atoms with Crippen molar-refractivity contribution in [2.24, 2.45) is 0 Å². The van der Waals surface area contributed by atoms with Gasteiger partial charge in [-0.15, -0.1) is 0 Å². The normalized spacial score (nSPS) is 14.4. The number of rotatable bonds is 1. The lowest BCUT2D eigenvalue weighted by molar-refractivity contribution is -0.138. The summed E-state index contributed by atoms with van der Waals surface area (Å²) in [5.74, 6) is 0. The van der Waals surface area contributed by atoms with Gasteiger partial charge in [-0.1, -0.05) is 12.1 Å². The van der Waals surface area contributed by atoms with Crippen molar-refractivity contribution in [2.45, 2.75) is 26.2 Å². The van der Waals surface area contributed by atoms with Crippen LogP contribution in [0.4, 0.5) is 24.5 Å². The molecular formula is C16H15F3N2. The Balaban J connectivity index is 1.93. The molecule has 5 heteroatoms. The summed E-state index contributed by atoms with van der Waals surface area (Å²) in [4.78, 5) is 1.93. The molecule has 0 amide bonds. The molecule has 2 N–H and O–H groups in total. The molecule has 1 heterocycles. The lowest BCUT2D eigenvalue weighted by atomic mass is 10.1. The molecule has 0 aromatic heterocycles. The summed E-state index contributed by atoms with van der Waals surface area (Å²) < 4.78 is 39.0. The van der Waals surface area contributed by atoms with Gasteiger partial charge in [-0.3, -0.25) is 0 Å². The van der Waals surface area contributed by atoms with E-state index in [2.05, 4.69) is 0 Å². The minimum absolute atomic E-state index is 0.243. The Morgan fingerprint density at radius 1 is 1.00 bits per heavy atom. The van der Waals surface area contributed by atoms with Gasteiger partial charge in [0.2, 0.25) is 0 Å². The van der Waals surface area contributed by atoms with E-state index in [1.165, 1.54) is 19.1 Å². The van der Waals surface area contributed by atoms with Gasteiger partial charge < -0.3 is 10.6 Å². The Hall–Kier alpha value is -2.17. The van der Waals surface area contributed by atoms with Crippen molar-refractivity contribution in [3.8, 4) is 0 Å². The van der Waals surface area contributed by atoms with Crippen LogP contribution in [-0.2, 0) is 19.3 Å². The van der Waals surface area contributed by atoms with Crippen molar-refractivity contribution in [2.75, 3.05) is 10.6 Å². The summed E-state index contributed by atoms with van der Waals surface area (Å²) in [6.07, 6.45) is -4.32. The lowest BCUT2D eigenvalue weighted by Gasteiger charge is -2.20. The number of nitrogens with zero attached hydrogens (tertiary/aromatic N) is 1.